The number of rotatable bonds is 0. The topological polar surface area (TPSA) is 0 Å². The Morgan fingerprint density at radius 1 is 0.923 bits per heavy atom. The fourth-order valence-electron chi connectivity index (χ4n) is 4.55. The maximum atomic E-state index is 2.53. The number of fused-ring (bicyclic) bond motifs is 5. The van der Waals surface area contributed by atoms with Crippen molar-refractivity contribution in [1.82, 2.24) is 0 Å². The van der Waals surface area contributed by atoms with Gasteiger partial charge in [-0.25, -0.2) is 0 Å². The first-order valence-corrected chi connectivity index (χ1v) is 5.88. The minimum atomic E-state index is 0.870. The molecule has 3 aliphatic rings. The Hall–Kier alpha value is -0.260. The molecule has 72 valence electrons. The van der Waals surface area contributed by atoms with Gasteiger partial charge in [-0.3, -0.25) is 0 Å². The van der Waals surface area contributed by atoms with Crippen LogP contribution in [0.3, 0.4) is 0 Å². The van der Waals surface area contributed by atoms with Crippen molar-refractivity contribution in [3.05, 3.63) is 12.2 Å². The van der Waals surface area contributed by atoms with Gasteiger partial charge in [0, 0.05) is 0 Å². The third-order valence-electron chi connectivity index (χ3n) is 5.40. The fraction of sp³-hybridized carbons (Fsp3) is 0.846. The zero-order valence-corrected chi connectivity index (χ0v) is 8.90. The summed E-state index contributed by atoms with van der Waals surface area (Å²) in [6, 6.07) is 0. The second kappa shape index (κ2) is 2.40. The summed E-state index contributed by atoms with van der Waals surface area (Å²) in [6.07, 6.45) is 6.54. The molecule has 2 saturated carbocycles. The number of hydrogen-bond donors (Lipinski definition) is 0. The largest absolute Gasteiger partial charge is 0.0851 e. The van der Waals surface area contributed by atoms with Crippen LogP contribution >= 0.6 is 0 Å². The van der Waals surface area contributed by atoms with E-state index in [1.807, 2.05) is 0 Å². The Morgan fingerprint density at radius 2 is 1.62 bits per heavy atom. The van der Waals surface area contributed by atoms with Gasteiger partial charge in [-0.15, -0.1) is 0 Å². The first-order chi connectivity index (χ1) is 6.20. The van der Waals surface area contributed by atoms with Gasteiger partial charge < -0.3 is 0 Å². The summed E-state index contributed by atoms with van der Waals surface area (Å²) in [6.45, 7) is 7.37. The first-order valence-electron chi connectivity index (χ1n) is 5.88. The summed E-state index contributed by atoms with van der Waals surface area (Å²) >= 11 is 0. The van der Waals surface area contributed by atoms with Crippen LogP contribution in [0, 0.1) is 41.4 Å². The van der Waals surface area contributed by atoms with Crippen molar-refractivity contribution in [3.63, 3.8) is 0 Å². The number of hydrogen-bond acceptors (Lipinski definition) is 0. The molecular formula is C13H20. The minimum Gasteiger partial charge on any atom is -0.0851 e. The molecule has 0 saturated heterocycles. The average molecular weight is 176 g/mol. The van der Waals surface area contributed by atoms with Crippen molar-refractivity contribution >= 4 is 0 Å². The lowest BCUT2D eigenvalue weighted by Gasteiger charge is -2.36. The zero-order valence-electron chi connectivity index (χ0n) is 8.90. The van der Waals surface area contributed by atoms with Gasteiger partial charge in [0.2, 0.25) is 0 Å². The van der Waals surface area contributed by atoms with Crippen LogP contribution in [0.1, 0.15) is 27.2 Å². The van der Waals surface area contributed by atoms with Gasteiger partial charge in [0.05, 0.1) is 0 Å². The summed E-state index contributed by atoms with van der Waals surface area (Å²) in [5.41, 5.74) is 0. The van der Waals surface area contributed by atoms with Crippen LogP contribution in [0.2, 0.25) is 0 Å². The summed E-state index contributed by atoms with van der Waals surface area (Å²) in [4.78, 5) is 0. The Balaban J connectivity index is 1.95. The molecule has 0 aromatic rings. The van der Waals surface area contributed by atoms with Crippen LogP contribution in [0.4, 0.5) is 0 Å². The van der Waals surface area contributed by atoms with E-state index in [1.54, 1.807) is 0 Å². The van der Waals surface area contributed by atoms with Crippen molar-refractivity contribution in [2.24, 2.45) is 41.4 Å². The first kappa shape index (κ1) is 8.08. The third-order valence-corrected chi connectivity index (χ3v) is 5.40. The second-order valence-corrected chi connectivity index (χ2v) is 5.68. The van der Waals surface area contributed by atoms with E-state index in [1.165, 1.54) is 6.42 Å². The standard InChI is InChI=1S/C13H20/c1-7-4-5-10-11-6-12(13(7)10)9(3)8(11)2/h4-5,7-13H,6H2,1-3H3. The molecule has 0 aliphatic heterocycles. The summed E-state index contributed by atoms with van der Waals surface area (Å²) in [5, 5.41) is 0. The van der Waals surface area contributed by atoms with Gasteiger partial charge in [-0.2, -0.15) is 0 Å². The van der Waals surface area contributed by atoms with Crippen LogP contribution in [0.5, 0.6) is 0 Å². The molecule has 0 aromatic heterocycles. The normalized spacial score (nSPS) is 63.2. The van der Waals surface area contributed by atoms with E-state index >= 15 is 0 Å². The lowest BCUT2D eigenvalue weighted by atomic mass is 9.69. The van der Waals surface area contributed by atoms with Gasteiger partial charge in [0.1, 0.15) is 0 Å². The Labute approximate surface area is 81.4 Å². The molecule has 0 radical (unpaired) electrons. The van der Waals surface area contributed by atoms with Gasteiger partial charge >= 0.3 is 0 Å². The molecule has 0 nitrogen and oxygen atoms in total. The Kier molecular flexibility index (Phi) is 1.49. The SMILES string of the molecule is CC1C=CC2C3CC(C(C)C3C)C12. The predicted molar refractivity (Wildman–Crippen MR) is 55.2 cm³/mol. The Morgan fingerprint density at radius 3 is 2.38 bits per heavy atom. The molecule has 3 rings (SSSR count). The van der Waals surface area contributed by atoms with Gasteiger partial charge in [-0.05, 0) is 47.8 Å². The lowest BCUT2D eigenvalue weighted by molar-refractivity contribution is 0.132. The van der Waals surface area contributed by atoms with E-state index in [0.29, 0.717) is 0 Å². The predicted octanol–water partition coefficient (Wildman–Crippen LogP) is 3.35. The van der Waals surface area contributed by atoms with E-state index in [4.69, 9.17) is 0 Å². The Bertz CT molecular complexity index is 253. The fourth-order valence-corrected chi connectivity index (χ4v) is 4.55. The molecule has 0 amide bonds. The molecular weight excluding hydrogens is 156 g/mol. The molecule has 3 aliphatic carbocycles. The zero-order chi connectivity index (χ0) is 9.16. The molecule has 0 heterocycles. The molecule has 0 heteroatoms. The van der Waals surface area contributed by atoms with E-state index in [9.17, 15) is 0 Å². The van der Waals surface area contributed by atoms with Gasteiger partial charge in [-0.1, -0.05) is 32.9 Å². The highest BCUT2D eigenvalue weighted by Gasteiger charge is 2.56. The molecule has 2 bridgehead atoms. The molecule has 7 unspecified atom stereocenters. The van der Waals surface area contributed by atoms with E-state index < -0.39 is 0 Å². The minimum absolute atomic E-state index is 0.870. The highest BCUT2D eigenvalue weighted by Crippen LogP contribution is 2.62. The van der Waals surface area contributed by atoms with E-state index in [0.717, 1.165) is 41.4 Å². The van der Waals surface area contributed by atoms with Crippen LogP contribution in [-0.4, -0.2) is 0 Å². The molecule has 0 N–H and O–H groups in total. The maximum Gasteiger partial charge on any atom is -0.0166 e. The van der Waals surface area contributed by atoms with Gasteiger partial charge in [0.15, 0.2) is 0 Å². The summed E-state index contributed by atoms with van der Waals surface area (Å²) < 4.78 is 0. The van der Waals surface area contributed by atoms with Crippen molar-refractivity contribution in [2.75, 3.05) is 0 Å². The average Bonchev–Trinajstić information content (AvgIpc) is 2.70. The highest BCUT2D eigenvalue weighted by atomic mass is 14.6. The van der Waals surface area contributed by atoms with Crippen molar-refractivity contribution in [1.29, 1.82) is 0 Å². The molecule has 0 spiro atoms. The number of allylic oxidation sites excluding steroid dienone is 2. The highest BCUT2D eigenvalue weighted by molar-refractivity contribution is 5.17. The van der Waals surface area contributed by atoms with Gasteiger partial charge in [0.25, 0.3) is 0 Å². The second-order valence-electron chi connectivity index (χ2n) is 5.68. The quantitative estimate of drug-likeness (QED) is 0.496. The third kappa shape index (κ3) is 0.825. The van der Waals surface area contributed by atoms with Crippen molar-refractivity contribution in [2.45, 2.75) is 27.2 Å². The monoisotopic (exact) mass is 176 g/mol. The van der Waals surface area contributed by atoms with Crippen LogP contribution in [0.25, 0.3) is 0 Å². The summed E-state index contributed by atoms with van der Waals surface area (Å²) in [7, 11) is 0. The summed E-state index contributed by atoms with van der Waals surface area (Å²) in [5.74, 6) is 6.92. The lowest BCUT2D eigenvalue weighted by Crippen LogP contribution is -2.31. The van der Waals surface area contributed by atoms with Crippen molar-refractivity contribution in [3.8, 4) is 0 Å². The molecule has 13 heavy (non-hydrogen) atoms. The smallest absolute Gasteiger partial charge is 0.0166 e. The van der Waals surface area contributed by atoms with Crippen LogP contribution in [-0.2, 0) is 0 Å². The molecule has 7 atom stereocenters. The van der Waals surface area contributed by atoms with Crippen LogP contribution in [0.15, 0.2) is 12.2 Å². The van der Waals surface area contributed by atoms with Crippen molar-refractivity contribution < 1.29 is 0 Å². The maximum absolute atomic E-state index is 2.53. The van der Waals surface area contributed by atoms with Crippen LogP contribution < -0.4 is 0 Å². The molecule has 0 aromatic carbocycles. The van der Waals surface area contributed by atoms with E-state index in [-0.39, 0.29) is 0 Å². The van der Waals surface area contributed by atoms with E-state index in [2.05, 4.69) is 32.9 Å². The molecule has 2 fully saturated rings.